The third kappa shape index (κ3) is 2.56. The monoisotopic (exact) mass is 244 g/mol. The lowest BCUT2D eigenvalue weighted by Crippen LogP contribution is -2.47. The molecule has 0 heterocycles. The summed E-state index contributed by atoms with van der Waals surface area (Å²) in [5.41, 5.74) is 0. The zero-order valence-electron chi connectivity index (χ0n) is 9.06. The molecule has 0 aromatic heterocycles. The van der Waals surface area contributed by atoms with Crippen LogP contribution in [0.4, 0.5) is 0 Å². The average molecular weight is 245 g/mol. The van der Waals surface area contributed by atoms with Crippen LogP contribution in [-0.4, -0.2) is 26.6 Å². The van der Waals surface area contributed by atoms with Crippen LogP contribution in [0.15, 0.2) is 60.7 Å². The van der Waals surface area contributed by atoms with Crippen molar-refractivity contribution in [2.75, 3.05) is 0 Å². The Balaban J connectivity index is 2.34. The molecule has 0 saturated heterocycles. The summed E-state index contributed by atoms with van der Waals surface area (Å²) in [4.78, 5) is 0. The van der Waals surface area contributed by atoms with E-state index < -0.39 is 8.31 Å². The molecule has 0 atom stereocenters. The lowest BCUT2D eigenvalue weighted by atomic mass is 10.4. The molecule has 3 heteroatoms. The molecule has 0 aliphatic carbocycles. The lowest BCUT2D eigenvalue weighted by molar-refractivity contribution is 1.74. The van der Waals surface area contributed by atoms with Crippen LogP contribution in [0.3, 0.4) is 0 Å². The molecular weight excluding hydrogens is 228 g/mol. The molecule has 0 amide bonds. The molecule has 0 radical (unpaired) electrons. The van der Waals surface area contributed by atoms with Crippen LogP contribution in [0, 0.1) is 0 Å². The van der Waals surface area contributed by atoms with Gasteiger partial charge in [0, 0.05) is 8.55 Å². The van der Waals surface area contributed by atoms with Crippen LogP contribution in [-0.2, 0) is 0 Å². The van der Waals surface area contributed by atoms with Gasteiger partial charge in [0.25, 0.3) is 0 Å². The highest BCUT2D eigenvalue weighted by atomic mass is 29.5. The minimum absolute atomic E-state index is 0.209. The van der Waals surface area contributed by atoms with Gasteiger partial charge in [0.1, 0.15) is 0 Å². The van der Waals surface area contributed by atoms with Gasteiger partial charge in [-0.1, -0.05) is 71.0 Å². The van der Waals surface area contributed by atoms with E-state index in [2.05, 4.69) is 60.7 Å². The zero-order chi connectivity index (χ0) is 10.5. The van der Waals surface area contributed by atoms with Crippen LogP contribution >= 0.6 is 0 Å². The van der Waals surface area contributed by atoms with Gasteiger partial charge in [0.15, 0.2) is 0 Å². The topological polar surface area (TPSA) is 0 Å². The highest BCUT2D eigenvalue weighted by Crippen LogP contribution is 1.90. The smallest absolute Gasteiger partial charge is 0.0632 e. The first-order valence-corrected chi connectivity index (χ1v) is 15.6. The highest BCUT2D eigenvalue weighted by Gasteiger charge is 2.12. The van der Waals surface area contributed by atoms with Crippen molar-refractivity contribution < 1.29 is 0 Å². The maximum Gasteiger partial charge on any atom is 0.0857 e. The van der Waals surface area contributed by atoms with E-state index >= 15 is 0 Å². The van der Waals surface area contributed by atoms with E-state index in [4.69, 9.17) is 0 Å². The van der Waals surface area contributed by atoms with Gasteiger partial charge in [-0.05, 0) is 9.76 Å². The number of rotatable bonds is 3. The molecule has 2 rings (SSSR count). The molecule has 2 aromatic carbocycles. The zero-order valence-corrected chi connectivity index (χ0v) is 13.6. The Morgan fingerprint density at radius 3 is 1.47 bits per heavy atom. The Morgan fingerprint density at radius 1 is 0.733 bits per heavy atom. The molecule has 0 N–H and O–H groups in total. The molecule has 2 aromatic rings. The molecule has 0 unspecified atom stereocenters. The summed E-state index contributed by atoms with van der Waals surface area (Å²) in [5.74, 6) is 0. The van der Waals surface area contributed by atoms with E-state index in [-0.39, 0.29) is 8.55 Å². The fourth-order valence-electron chi connectivity index (χ4n) is 2.03. The third-order valence-electron chi connectivity index (χ3n) is 2.81. The van der Waals surface area contributed by atoms with Crippen molar-refractivity contribution in [3.05, 3.63) is 60.7 Å². The van der Waals surface area contributed by atoms with Gasteiger partial charge in [-0.25, -0.2) is 0 Å². The SMILES string of the molecule is [SiH3][SiH2][SiH](c1ccccc1)c1ccccc1. The minimum atomic E-state index is -0.729. The fraction of sp³-hybridized carbons (Fsp3) is 0. The van der Waals surface area contributed by atoms with Crippen molar-refractivity contribution in [1.82, 2.24) is 0 Å². The number of hydrogen-bond acceptors (Lipinski definition) is 0. The van der Waals surface area contributed by atoms with Gasteiger partial charge in [0.05, 0.1) is 8.31 Å². The summed E-state index contributed by atoms with van der Waals surface area (Å²) < 4.78 is 0. The van der Waals surface area contributed by atoms with Crippen molar-refractivity contribution in [2.24, 2.45) is 0 Å². The van der Waals surface area contributed by atoms with Crippen LogP contribution in [0.25, 0.3) is 0 Å². The van der Waals surface area contributed by atoms with E-state index in [1.807, 2.05) is 0 Å². The lowest BCUT2D eigenvalue weighted by Gasteiger charge is -2.13. The van der Waals surface area contributed by atoms with E-state index in [9.17, 15) is 0 Å². The number of benzene rings is 2. The summed E-state index contributed by atoms with van der Waals surface area (Å²) in [5, 5.41) is 3.29. The van der Waals surface area contributed by atoms with Crippen molar-refractivity contribution in [3.63, 3.8) is 0 Å². The normalized spacial score (nSPS) is 11.5. The molecule has 0 aliphatic heterocycles. The van der Waals surface area contributed by atoms with E-state index in [1.165, 1.54) is 9.76 Å². The van der Waals surface area contributed by atoms with Gasteiger partial charge in [-0.2, -0.15) is 0 Å². The second kappa shape index (κ2) is 5.25. The first kappa shape index (κ1) is 10.6. The van der Waals surface area contributed by atoms with E-state index in [0.717, 1.165) is 0 Å². The van der Waals surface area contributed by atoms with Gasteiger partial charge in [0.2, 0.25) is 0 Å². The van der Waals surface area contributed by atoms with Crippen LogP contribution in [0.5, 0.6) is 0 Å². The molecule has 0 fully saturated rings. The Hall–Kier alpha value is -0.909. The number of hydrogen-bond donors (Lipinski definition) is 0. The van der Waals surface area contributed by atoms with Gasteiger partial charge in [-0.15, -0.1) is 0 Å². The third-order valence-corrected chi connectivity index (χ3v) is 18.6. The Bertz CT molecular complexity index is 360. The molecule has 76 valence electrons. The van der Waals surface area contributed by atoms with Gasteiger partial charge in [-0.3, -0.25) is 0 Å². The fourth-order valence-corrected chi connectivity index (χ4v) is 17.7. The molecule has 0 nitrogen and oxygen atoms in total. The molecule has 0 saturated carbocycles. The predicted octanol–water partition coefficient (Wildman–Crippen LogP) is -1.03. The molecule has 15 heavy (non-hydrogen) atoms. The molecule has 0 aliphatic rings. The van der Waals surface area contributed by atoms with Gasteiger partial charge < -0.3 is 0 Å². The van der Waals surface area contributed by atoms with Crippen molar-refractivity contribution >= 4 is 37.0 Å². The average Bonchev–Trinajstić information content (AvgIpc) is 2.33. The minimum Gasteiger partial charge on any atom is -0.0632 e. The second-order valence-corrected chi connectivity index (χ2v) is 19.3. The first-order chi connectivity index (χ1) is 7.42. The standard InChI is InChI=1S/C12H16Si3/c13-14-15(11-7-3-1-4-8-11)12-9-5-2-6-10-12/h1-10,15H,14H2,13H3. The highest BCUT2D eigenvalue weighted by molar-refractivity contribution is 7.39. The van der Waals surface area contributed by atoms with Crippen LogP contribution in [0.2, 0.25) is 0 Å². The second-order valence-electron chi connectivity index (χ2n) is 3.78. The van der Waals surface area contributed by atoms with Crippen LogP contribution < -0.4 is 10.4 Å². The molecule has 0 bridgehead atoms. The van der Waals surface area contributed by atoms with Crippen molar-refractivity contribution in [3.8, 4) is 0 Å². The van der Waals surface area contributed by atoms with Gasteiger partial charge >= 0.3 is 0 Å². The quantitative estimate of drug-likeness (QED) is 0.606. The predicted molar refractivity (Wildman–Crippen MR) is 77.8 cm³/mol. The van der Waals surface area contributed by atoms with Crippen LogP contribution in [0.1, 0.15) is 0 Å². The van der Waals surface area contributed by atoms with Crippen molar-refractivity contribution in [1.29, 1.82) is 0 Å². The summed E-state index contributed by atoms with van der Waals surface area (Å²) in [6, 6.07) is 22.3. The largest absolute Gasteiger partial charge is 0.0857 e. The summed E-state index contributed by atoms with van der Waals surface area (Å²) >= 11 is 0. The summed E-state index contributed by atoms with van der Waals surface area (Å²) in [7, 11) is 0.923. The summed E-state index contributed by atoms with van der Waals surface area (Å²) in [6.07, 6.45) is 0. The molecule has 0 spiro atoms. The first-order valence-electron chi connectivity index (χ1n) is 5.51. The van der Waals surface area contributed by atoms with Crippen molar-refractivity contribution in [2.45, 2.75) is 0 Å². The summed E-state index contributed by atoms with van der Waals surface area (Å²) in [6.45, 7) is 0. The van der Waals surface area contributed by atoms with E-state index in [0.29, 0.717) is 0 Å². The maximum atomic E-state index is 2.33. The Labute approximate surface area is 97.8 Å². The Morgan fingerprint density at radius 2 is 1.13 bits per heavy atom. The maximum absolute atomic E-state index is 2.33. The Kier molecular flexibility index (Phi) is 3.71. The molecular formula is C12H16Si3. The van der Waals surface area contributed by atoms with E-state index in [1.54, 1.807) is 10.4 Å².